The molecule has 0 saturated carbocycles. The van der Waals surface area contributed by atoms with Gasteiger partial charge in [0.25, 0.3) is 0 Å². The molecule has 10 heavy (non-hydrogen) atoms. The molecule has 6 heteroatoms. The van der Waals surface area contributed by atoms with Crippen LogP contribution in [0.5, 0.6) is 0 Å². The summed E-state index contributed by atoms with van der Waals surface area (Å²) in [6, 6.07) is 0. The van der Waals surface area contributed by atoms with Crippen molar-refractivity contribution in [3.63, 3.8) is 0 Å². The zero-order chi connectivity index (χ0) is 8.20. The van der Waals surface area contributed by atoms with E-state index in [1.54, 1.807) is 0 Å². The molecule has 0 spiro atoms. The van der Waals surface area contributed by atoms with Gasteiger partial charge in [0.1, 0.15) is 5.78 Å². The fourth-order valence-electron chi connectivity index (χ4n) is 0.372. The van der Waals surface area contributed by atoms with Gasteiger partial charge in [0.2, 0.25) is 6.41 Å². The minimum Gasteiger partial charge on any atom is -0.342 e. The van der Waals surface area contributed by atoms with E-state index in [1.807, 2.05) is 5.32 Å². The summed E-state index contributed by atoms with van der Waals surface area (Å²) in [6.07, 6.45) is 1.20. The Morgan fingerprint density at radius 2 is 2.10 bits per heavy atom. The fraction of sp³-hybridized carbons (Fsp3) is 0.250. The van der Waals surface area contributed by atoms with E-state index >= 15 is 0 Å². The van der Waals surface area contributed by atoms with Crippen molar-refractivity contribution in [3.8, 4) is 0 Å². The van der Waals surface area contributed by atoms with Gasteiger partial charge in [-0.25, -0.2) is 0 Å². The minimum absolute atomic E-state index is 0.214. The van der Waals surface area contributed by atoms with Gasteiger partial charge in [-0.05, 0) is 0 Å². The molecule has 1 atom stereocenters. The Bertz CT molecular complexity index is 174. The molecule has 0 aliphatic rings. The summed E-state index contributed by atoms with van der Waals surface area (Å²) in [7, 11) is -4.25. The second-order valence-corrected chi connectivity index (χ2v) is 3.29. The molecule has 0 aliphatic heterocycles. The van der Waals surface area contributed by atoms with Crippen LogP contribution in [0.3, 0.4) is 0 Å². The average molecular weight is 165 g/mol. The minimum atomic E-state index is -4.25. The first-order chi connectivity index (χ1) is 4.52. The van der Waals surface area contributed by atoms with E-state index in [4.69, 9.17) is 9.79 Å². The Labute approximate surface area is 57.9 Å². The molecule has 0 aliphatic carbocycles. The van der Waals surface area contributed by atoms with Gasteiger partial charge in [-0.1, -0.05) is 6.08 Å². The van der Waals surface area contributed by atoms with Crippen molar-refractivity contribution in [1.29, 1.82) is 0 Å². The van der Waals surface area contributed by atoms with E-state index in [2.05, 4.69) is 6.58 Å². The molecule has 5 nitrogen and oxygen atoms in total. The number of hydrogen-bond donors (Lipinski definition) is 3. The SMILES string of the molecule is C=CC(NC=O)P(=O)(O)O. The fourth-order valence-corrected chi connectivity index (χ4v) is 0.902. The van der Waals surface area contributed by atoms with Crippen molar-refractivity contribution < 1.29 is 19.1 Å². The highest BCUT2D eigenvalue weighted by molar-refractivity contribution is 7.52. The van der Waals surface area contributed by atoms with E-state index < -0.39 is 13.4 Å². The highest BCUT2D eigenvalue weighted by Gasteiger charge is 2.24. The van der Waals surface area contributed by atoms with Gasteiger partial charge in [0, 0.05) is 0 Å². The van der Waals surface area contributed by atoms with Crippen LogP contribution in [0.15, 0.2) is 12.7 Å². The number of hydrogen-bond acceptors (Lipinski definition) is 2. The predicted octanol–water partition coefficient (Wildman–Crippen LogP) is -0.578. The zero-order valence-corrected chi connectivity index (χ0v) is 5.99. The quantitative estimate of drug-likeness (QED) is 0.295. The summed E-state index contributed by atoms with van der Waals surface area (Å²) < 4.78 is 10.4. The van der Waals surface area contributed by atoms with Crippen molar-refractivity contribution in [2.45, 2.75) is 5.78 Å². The normalized spacial score (nSPS) is 13.8. The average Bonchev–Trinajstić information content (AvgIpc) is 1.80. The first-order valence-electron chi connectivity index (χ1n) is 2.40. The maximum atomic E-state index is 10.4. The lowest BCUT2D eigenvalue weighted by molar-refractivity contribution is -0.109. The highest BCUT2D eigenvalue weighted by atomic mass is 31.2. The molecule has 0 heterocycles. The van der Waals surface area contributed by atoms with Gasteiger partial charge >= 0.3 is 7.60 Å². The molecule has 0 aromatic carbocycles. The topological polar surface area (TPSA) is 86.6 Å². The Morgan fingerprint density at radius 1 is 1.60 bits per heavy atom. The molecule has 0 aromatic heterocycles. The molecule has 0 bridgehead atoms. The molecule has 1 amide bonds. The van der Waals surface area contributed by atoms with Crippen molar-refractivity contribution in [3.05, 3.63) is 12.7 Å². The molecule has 58 valence electrons. The van der Waals surface area contributed by atoms with E-state index in [0.717, 1.165) is 6.08 Å². The van der Waals surface area contributed by atoms with Crippen LogP contribution in [-0.4, -0.2) is 22.0 Å². The van der Waals surface area contributed by atoms with Crippen LogP contribution >= 0.6 is 7.60 Å². The molecule has 3 N–H and O–H groups in total. The van der Waals surface area contributed by atoms with Gasteiger partial charge in [-0.3, -0.25) is 9.36 Å². The summed E-state index contributed by atoms with van der Waals surface area (Å²) in [4.78, 5) is 26.6. The van der Waals surface area contributed by atoms with Crippen molar-refractivity contribution >= 4 is 14.0 Å². The summed E-state index contributed by atoms with van der Waals surface area (Å²) in [6.45, 7) is 3.13. The molecule has 1 unspecified atom stereocenters. The smallest absolute Gasteiger partial charge is 0.342 e. The van der Waals surface area contributed by atoms with Crippen LogP contribution in [0, 0.1) is 0 Å². The van der Waals surface area contributed by atoms with E-state index in [9.17, 15) is 9.36 Å². The third-order valence-electron chi connectivity index (χ3n) is 0.824. The van der Waals surface area contributed by atoms with Crippen LogP contribution in [0.25, 0.3) is 0 Å². The zero-order valence-electron chi connectivity index (χ0n) is 5.10. The first-order valence-corrected chi connectivity index (χ1v) is 4.08. The Kier molecular flexibility index (Phi) is 3.28. The Morgan fingerprint density at radius 3 is 2.20 bits per heavy atom. The Balaban J connectivity index is 4.20. The van der Waals surface area contributed by atoms with Gasteiger partial charge in [-0.2, -0.15) is 0 Å². The molecule has 0 radical (unpaired) electrons. The predicted molar refractivity (Wildman–Crippen MR) is 35.2 cm³/mol. The standard InChI is InChI=1S/C4H8NO4P/c1-2-4(5-3-6)10(7,8)9/h2-4H,1H2,(H,5,6)(H2,7,8,9). The number of carbonyl (C=O) groups is 1. The lowest BCUT2D eigenvalue weighted by Crippen LogP contribution is -2.24. The maximum absolute atomic E-state index is 10.4. The third kappa shape index (κ3) is 2.77. The lowest BCUT2D eigenvalue weighted by atomic mass is 10.6. The lowest BCUT2D eigenvalue weighted by Gasteiger charge is -2.11. The summed E-state index contributed by atoms with van der Waals surface area (Å²) in [5, 5.41) is 1.91. The molecule has 0 saturated heterocycles. The molecule has 0 rings (SSSR count). The van der Waals surface area contributed by atoms with E-state index in [0.29, 0.717) is 0 Å². The highest BCUT2D eigenvalue weighted by Crippen LogP contribution is 2.39. The van der Waals surface area contributed by atoms with Gasteiger partial charge < -0.3 is 15.1 Å². The van der Waals surface area contributed by atoms with Crippen molar-refractivity contribution in [2.24, 2.45) is 0 Å². The first kappa shape index (κ1) is 9.36. The van der Waals surface area contributed by atoms with Crippen LogP contribution in [0.4, 0.5) is 0 Å². The van der Waals surface area contributed by atoms with Crippen molar-refractivity contribution in [2.75, 3.05) is 0 Å². The van der Waals surface area contributed by atoms with Crippen molar-refractivity contribution in [1.82, 2.24) is 5.32 Å². The van der Waals surface area contributed by atoms with Gasteiger partial charge in [0.15, 0.2) is 0 Å². The van der Waals surface area contributed by atoms with Crippen LogP contribution in [-0.2, 0) is 9.36 Å². The van der Waals surface area contributed by atoms with Crippen LogP contribution in [0.1, 0.15) is 0 Å². The number of rotatable bonds is 4. The van der Waals surface area contributed by atoms with Gasteiger partial charge in [0.05, 0.1) is 0 Å². The monoisotopic (exact) mass is 165 g/mol. The van der Waals surface area contributed by atoms with Crippen LogP contribution < -0.4 is 5.32 Å². The summed E-state index contributed by atoms with van der Waals surface area (Å²) >= 11 is 0. The van der Waals surface area contributed by atoms with Gasteiger partial charge in [-0.15, -0.1) is 6.58 Å². The molecular weight excluding hydrogens is 157 g/mol. The largest absolute Gasteiger partial charge is 0.351 e. The van der Waals surface area contributed by atoms with E-state index in [-0.39, 0.29) is 6.41 Å². The number of carbonyl (C=O) groups excluding carboxylic acids is 1. The number of amides is 1. The molecule has 0 aromatic rings. The second kappa shape index (κ2) is 3.51. The molecular formula is C4H8NO4P. The maximum Gasteiger partial charge on any atom is 0.351 e. The summed E-state index contributed by atoms with van der Waals surface area (Å²) in [5.41, 5.74) is 0. The number of nitrogens with one attached hydrogen (secondary N) is 1. The third-order valence-corrected chi connectivity index (χ3v) is 1.91. The van der Waals surface area contributed by atoms with Crippen LogP contribution in [0.2, 0.25) is 0 Å². The second-order valence-electron chi connectivity index (χ2n) is 1.55. The van der Waals surface area contributed by atoms with E-state index in [1.165, 1.54) is 0 Å². The molecule has 0 fully saturated rings. The Hall–Kier alpha value is -0.640. The summed E-state index contributed by atoms with van der Waals surface area (Å²) in [5.74, 6) is -1.27.